The molecule has 2 nitrogen and oxygen atoms in total. The lowest BCUT2D eigenvalue weighted by atomic mass is 10.0. The number of hydrogen-bond acceptors (Lipinski definition) is 2. The molecule has 0 radical (unpaired) electrons. The van der Waals surface area contributed by atoms with E-state index < -0.39 is 0 Å². The van der Waals surface area contributed by atoms with Gasteiger partial charge in [0, 0.05) is 12.1 Å². The van der Waals surface area contributed by atoms with E-state index in [9.17, 15) is 4.39 Å². The molecule has 0 spiro atoms. The fraction of sp³-hybridized carbons (Fsp3) is 0.647. The van der Waals surface area contributed by atoms with Crippen LogP contribution in [-0.2, 0) is 0 Å². The van der Waals surface area contributed by atoms with E-state index in [4.69, 9.17) is 0 Å². The van der Waals surface area contributed by atoms with Crippen LogP contribution in [0.2, 0.25) is 0 Å². The van der Waals surface area contributed by atoms with Crippen LogP contribution in [0, 0.1) is 5.82 Å². The van der Waals surface area contributed by atoms with Crippen LogP contribution in [0.15, 0.2) is 24.3 Å². The van der Waals surface area contributed by atoms with Gasteiger partial charge in [-0.3, -0.25) is 0 Å². The fourth-order valence-corrected chi connectivity index (χ4v) is 3.06. The van der Waals surface area contributed by atoms with Crippen molar-refractivity contribution >= 4 is 0 Å². The molecule has 0 amide bonds. The van der Waals surface area contributed by atoms with Crippen LogP contribution < -0.4 is 5.32 Å². The smallest absolute Gasteiger partial charge is 0.123 e. The molecule has 1 N–H and O–H groups in total. The molecular weight excluding hydrogens is 251 g/mol. The number of rotatable bonds is 5. The van der Waals surface area contributed by atoms with Gasteiger partial charge in [0.15, 0.2) is 0 Å². The second-order valence-corrected chi connectivity index (χ2v) is 5.91. The van der Waals surface area contributed by atoms with Gasteiger partial charge in [-0.25, -0.2) is 4.39 Å². The Morgan fingerprint density at radius 2 is 2.00 bits per heavy atom. The Morgan fingerprint density at radius 3 is 2.70 bits per heavy atom. The Labute approximate surface area is 122 Å². The molecule has 0 bridgehead atoms. The van der Waals surface area contributed by atoms with Crippen molar-refractivity contribution < 1.29 is 4.39 Å². The summed E-state index contributed by atoms with van der Waals surface area (Å²) >= 11 is 0. The van der Waals surface area contributed by atoms with Gasteiger partial charge in [0.2, 0.25) is 0 Å². The Balaban J connectivity index is 1.85. The molecule has 112 valence electrons. The van der Waals surface area contributed by atoms with E-state index in [-0.39, 0.29) is 5.82 Å². The molecule has 3 heteroatoms. The average molecular weight is 278 g/mol. The van der Waals surface area contributed by atoms with E-state index in [1.54, 1.807) is 12.1 Å². The predicted molar refractivity (Wildman–Crippen MR) is 82.3 cm³/mol. The number of nitrogens with zero attached hydrogens (tertiary/aromatic N) is 1. The number of benzene rings is 1. The van der Waals surface area contributed by atoms with E-state index in [0.29, 0.717) is 12.1 Å². The highest BCUT2D eigenvalue weighted by Gasteiger charge is 2.18. The molecule has 1 saturated heterocycles. The van der Waals surface area contributed by atoms with Gasteiger partial charge in [0.1, 0.15) is 5.82 Å². The molecule has 1 unspecified atom stereocenters. The van der Waals surface area contributed by atoms with Crippen molar-refractivity contribution in [1.29, 1.82) is 0 Å². The third kappa shape index (κ3) is 4.57. The van der Waals surface area contributed by atoms with Crippen molar-refractivity contribution in [2.45, 2.75) is 51.6 Å². The van der Waals surface area contributed by atoms with E-state index in [1.807, 2.05) is 12.1 Å². The summed E-state index contributed by atoms with van der Waals surface area (Å²) in [6.07, 6.45) is 4.97. The van der Waals surface area contributed by atoms with Gasteiger partial charge in [-0.05, 0) is 69.9 Å². The highest BCUT2D eigenvalue weighted by molar-refractivity contribution is 5.19. The largest absolute Gasteiger partial charge is 0.307 e. The lowest BCUT2D eigenvalue weighted by Gasteiger charge is -2.23. The fourth-order valence-electron chi connectivity index (χ4n) is 3.06. The summed E-state index contributed by atoms with van der Waals surface area (Å²) in [6.45, 7) is 8.07. The van der Waals surface area contributed by atoms with Crippen molar-refractivity contribution in [1.82, 2.24) is 10.2 Å². The van der Waals surface area contributed by atoms with Crippen molar-refractivity contribution in [2.24, 2.45) is 0 Å². The zero-order chi connectivity index (χ0) is 14.4. The summed E-state index contributed by atoms with van der Waals surface area (Å²) in [7, 11) is 0. The lowest BCUT2D eigenvalue weighted by Crippen LogP contribution is -2.33. The zero-order valence-electron chi connectivity index (χ0n) is 12.7. The van der Waals surface area contributed by atoms with Gasteiger partial charge in [0.25, 0.3) is 0 Å². The van der Waals surface area contributed by atoms with Crippen LogP contribution in [0.3, 0.4) is 0 Å². The maximum atomic E-state index is 13.0. The summed E-state index contributed by atoms with van der Waals surface area (Å²) in [5.41, 5.74) is 1.17. The molecule has 1 aliphatic heterocycles. The van der Waals surface area contributed by atoms with Gasteiger partial charge in [-0.15, -0.1) is 0 Å². The SMILES string of the molecule is CCCN1CCCC(N[C@H](C)c2ccc(F)cc2)CC1. The number of hydrogen-bond donors (Lipinski definition) is 1. The number of nitrogens with one attached hydrogen (secondary N) is 1. The predicted octanol–water partition coefficient (Wildman–Crippen LogP) is 3.74. The van der Waals surface area contributed by atoms with Crippen molar-refractivity contribution in [3.05, 3.63) is 35.6 Å². The molecule has 1 fully saturated rings. The van der Waals surface area contributed by atoms with E-state index in [2.05, 4.69) is 24.1 Å². The first kappa shape index (κ1) is 15.5. The summed E-state index contributed by atoms with van der Waals surface area (Å²) in [5.74, 6) is -0.161. The van der Waals surface area contributed by atoms with E-state index in [0.717, 1.165) is 0 Å². The Bertz CT molecular complexity index is 390. The summed E-state index contributed by atoms with van der Waals surface area (Å²) in [6, 6.07) is 7.73. The third-order valence-corrected chi connectivity index (χ3v) is 4.22. The average Bonchev–Trinajstić information content (AvgIpc) is 2.66. The normalized spacial score (nSPS) is 22.4. The molecule has 0 saturated carbocycles. The van der Waals surface area contributed by atoms with Gasteiger partial charge in [-0.2, -0.15) is 0 Å². The van der Waals surface area contributed by atoms with Crippen LogP contribution in [0.5, 0.6) is 0 Å². The molecule has 1 aromatic rings. The number of likely N-dealkylation sites (tertiary alicyclic amines) is 1. The number of halogens is 1. The van der Waals surface area contributed by atoms with Gasteiger partial charge in [-0.1, -0.05) is 19.1 Å². The Morgan fingerprint density at radius 1 is 1.25 bits per heavy atom. The first-order valence-corrected chi connectivity index (χ1v) is 7.93. The highest BCUT2D eigenvalue weighted by atomic mass is 19.1. The minimum absolute atomic E-state index is 0.161. The van der Waals surface area contributed by atoms with Gasteiger partial charge in [0.05, 0.1) is 0 Å². The molecule has 2 rings (SSSR count). The van der Waals surface area contributed by atoms with Crippen molar-refractivity contribution in [3.63, 3.8) is 0 Å². The minimum atomic E-state index is -0.161. The highest BCUT2D eigenvalue weighted by Crippen LogP contribution is 2.18. The van der Waals surface area contributed by atoms with E-state index >= 15 is 0 Å². The Hall–Kier alpha value is -0.930. The molecule has 20 heavy (non-hydrogen) atoms. The summed E-state index contributed by atoms with van der Waals surface area (Å²) in [4.78, 5) is 2.57. The minimum Gasteiger partial charge on any atom is -0.307 e. The molecule has 1 aliphatic rings. The first-order valence-electron chi connectivity index (χ1n) is 7.93. The molecular formula is C17H27FN2. The molecule has 0 aromatic heterocycles. The second-order valence-electron chi connectivity index (χ2n) is 5.91. The van der Waals surface area contributed by atoms with Crippen LogP contribution in [0.1, 0.15) is 51.1 Å². The zero-order valence-corrected chi connectivity index (χ0v) is 12.7. The summed E-state index contributed by atoms with van der Waals surface area (Å²) < 4.78 is 13.0. The quantitative estimate of drug-likeness (QED) is 0.882. The standard InChI is InChI=1S/C17H27FN2/c1-3-11-20-12-4-5-17(10-13-20)19-14(2)15-6-8-16(18)9-7-15/h6-9,14,17,19H,3-5,10-13H2,1-2H3/t14-,17?/m1/s1. The molecule has 1 heterocycles. The van der Waals surface area contributed by atoms with Crippen LogP contribution in [0.25, 0.3) is 0 Å². The van der Waals surface area contributed by atoms with Crippen LogP contribution in [-0.4, -0.2) is 30.6 Å². The van der Waals surface area contributed by atoms with Gasteiger partial charge < -0.3 is 10.2 Å². The third-order valence-electron chi connectivity index (χ3n) is 4.22. The monoisotopic (exact) mass is 278 g/mol. The maximum absolute atomic E-state index is 13.0. The Kier molecular flexibility index (Phi) is 5.99. The molecule has 2 atom stereocenters. The van der Waals surface area contributed by atoms with Crippen molar-refractivity contribution in [3.8, 4) is 0 Å². The second kappa shape index (κ2) is 7.75. The van der Waals surface area contributed by atoms with Crippen LogP contribution >= 0.6 is 0 Å². The lowest BCUT2D eigenvalue weighted by molar-refractivity contribution is 0.281. The van der Waals surface area contributed by atoms with Crippen molar-refractivity contribution in [2.75, 3.05) is 19.6 Å². The molecule has 1 aromatic carbocycles. The summed E-state index contributed by atoms with van der Waals surface area (Å²) in [5, 5.41) is 3.71. The molecule has 0 aliphatic carbocycles. The topological polar surface area (TPSA) is 15.3 Å². The van der Waals surface area contributed by atoms with Gasteiger partial charge >= 0.3 is 0 Å². The first-order chi connectivity index (χ1) is 9.69. The maximum Gasteiger partial charge on any atom is 0.123 e. The van der Waals surface area contributed by atoms with Crippen LogP contribution in [0.4, 0.5) is 4.39 Å². The van der Waals surface area contributed by atoms with E-state index in [1.165, 1.54) is 50.9 Å².